The highest BCUT2D eigenvalue weighted by Gasteiger charge is 2.18. The minimum atomic E-state index is -0.693. The summed E-state index contributed by atoms with van der Waals surface area (Å²) in [5, 5.41) is 2.53. The molecule has 1 aromatic carbocycles. The Hall–Kier alpha value is -2.04. The molecule has 1 amide bonds. The molecule has 92 valence electrons. The molecule has 0 saturated heterocycles. The number of hydrogen-bond donors (Lipinski definition) is 2. The van der Waals surface area contributed by atoms with E-state index in [9.17, 15) is 9.59 Å². The van der Waals surface area contributed by atoms with Gasteiger partial charge in [0, 0.05) is 5.69 Å². The van der Waals surface area contributed by atoms with Crippen LogP contribution in [0.2, 0.25) is 0 Å². The van der Waals surface area contributed by atoms with E-state index in [2.05, 4.69) is 5.32 Å². The summed E-state index contributed by atoms with van der Waals surface area (Å²) in [5.41, 5.74) is 6.38. The molecule has 0 fully saturated rings. The van der Waals surface area contributed by atoms with Gasteiger partial charge in [-0.25, -0.2) is 4.79 Å². The fraction of sp³-hybridized carbons (Fsp3) is 0.333. The van der Waals surface area contributed by atoms with E-state index in [1.54, 1.807) is 38.1 Å². The van der Waals surface area contributed by atoms with Crippen LogP contribution in [0.4, 0.5) is 5.69 Å². The molecule has 17 heavy (non-hydrogen) atoms. The number of nitrogens with two attached hydrogens (primary N) is 1. The lowest BCUT2D eigenvalue weighted by atomic mass is 10.1. The summed E-state index contributed by atoms with van der Waals surface area (Å²) >= 11 is 0. The van der Waals surface area contributed by atoms with Gasteiger partial charge in [0.1, 0.15) is 6.04 Å². The van der Waals surface area contributed by atoms with Crippen LogP contribution in [0.15, 0.2) is 24.3 Å². The number of carbonyl (C=O) groups is 2. The highest BCUT2D eigenvalue weighted by Crippen LogP contribution is 2.10. The zero-order chi connectivity index (χ0) is 12.8. The van der Waals surface area contributed by atoms with E-state index in [-0.39, 0.29) is 12.5 Å². The number of nitrogen functional groups attached to an aromatic ring is 1. The zero-order valence-electron chi connectivity index (χ0n) is 9.90. The average molecular weight is 236 g/mol. The largest absolute Gasteiger partial charge is 0.464 e. The predicted molar refractivity (Wildman–Crippen MR) is 64.4 cm³/mol. The number of hydrogen-bond acceptors (Lipinski definition) is 4. The monoisotopic (exact) mass is 236 g/mol. The molecular weight excluding hydrogens is 220 g/mol. The van der Waals surface area contributed by atoms with Gasteiger partial charge in [-0.3, -0.25) is 4.79 Å². The summed E-state index contributed by atoms with van der Waals surface area (Å²) in [6, 6.07) is 5.98. The van der Waals surface area contributed by atoms with Crippen molar-refractivity contribution in [2.24, 2.45) is 0 Å². The van der Waals surface area contributed by atoms with Crippen molar-refractivity contribution in [1.82, 2.24) is 5.32 Å². The standard InChI is InChI=1S/C12H16N2O3/c1-3-17-12(16)8(2)14-11(15)9-6-4-5-7-10(9)13/h4-8H,3,13H2,1-2H3,(H,14,15)/t8-/m1/s1. The van der Waals surface area contributed by atoms with Crippen molar-refractivity contribution < 1.29 is 14.3 Å². The molecule has 0 unspecified atom stereocenters. The molecule has 5 nitrogen and oxygen atoms in total. The smallest absolute Gasteiger partial charge is 0.328 e. The molecular formula is C12H16N2O3. The first-order valence-corrected chi connectivity index (χ1v) is 5.38. The Balaban J connectivity index is 2.67. The van der Waals surface area contributed by atoms with E-state index in [4.69, 9.17) is 10.5 Å². The van der Waals surface area contributed by atoms with Crippen LogP contribution in [0, 0.1) is 0 Å². The first-order chi connectivity index (χ1) is 8.06. The van der Waals surface area contributed by atoms with E-state index in [0.717, 1.165) is 0 Å². The summed E-state index contributed by atoms with van der Waals surface area (Å²) in [4.78, 5) is 23.1. The highest BCUT2D eigenvalue weighted by molar-refractivity contribution is 6.00. The molecule has 5 heteroatoms. The van der Waals surface area contributed by atoms with E-state index >= 15 is 0 Å². The number of esters is 1. The maximum atomic E-state index is 11.8. The molecule has 1 rings (SSSR count). The van der Waals surface area contributed by atoms with Crippen LogP contribution < -0.4 is 11.1 Å². The number of ether oxygens (including phenoxy) is 1. The first kappa shape index (κ1) is 13.0. The predicted octanol–water partition coefficient (Wildman–Crippen LogP) is 0.950. The Morgan fingerprint density at radius 1 is 1.41 bits per heavy atom. The van der Waals surface area contributed by atoms with Crippen LogP contribution in [-0.4, -0.2) is 24.5 Å². The number of carbonyl (C=O) groups excluding carboxylic acids is 2. The highest BCUT2D eigenvalue weighted by atomic mass is 16.5. The van der Waals surface area contributed by atoms with E-state index < -0.39 is 12.0 Å². The summed E-state index contributed by atoms with van der Waals surface area (Å²) in [7, 11) is 0. The fourth-order valence-corrected chi connectivity index (χ4v) is 1.30. The van der Waals surface area contributed by atoms with Crippen molar-refractivity contribution in [3.05, 3.63) is 29.8 Å². The van der Waals surface area contributed by atoms with Crippen molar-refractivity contribution in [1.29, 1.82) is 0 Å². The molecule has 0 heterocycles. The normalized spacial score (nSPS) is 11.6. The second kappa shape index (κ2) is 5.89. The minimum Gasteiger partial charge on any atom is -0.464 e. The SMILES string of the molecule is CCOC(=O)[C@@H](C)NC(=O)c1ccccc1N. The van der Waals surface area contributed by atoms with Gasteiger partial charge in [-0.15, -0.1) is 0 Å². The summed E-state index contributed by atoms with van der Waals surface area (Å²) < 4.78 is 4.79. The van der Waals surface area contributed by atoms with E-state index in [1.807, 2.05) is 0 Å². The molecule has 3 N–H and O–H groups in total. The minimum absolute atomic E-state index is 0.284. The lowest BCUT2D eigenvalue weighted by Crippen LogP contribution is -2.39. The first-order valence-electron chi connectivity index (χ1n) is 5.38. The quantitative estimate of drug-likeness (QED) is 0.602. The molecule has 0 radical (unpaired) electrons. The molecule has 1 aromatic rings. The third-order valence-electron chi connectivity index (χ3n) is 2.19. The second-order valence-electron chi connectivity index (χ2n) is 3.53. The van der Waals surface area contributed by atoms with Gasteiger partial charge in [-0.2, -0.15) is 0 Å². The van der Waals surface area contributed by atoms with E-state index in [0.29, 0.717) is 11.3 Å². The second-order valence-corrected chi connectivity index (χ2v) is 3.53. The number of anilines is 1. The van der Waals surface area contributed by atoms with Crippen molar-refractivity contribution in [3.63, 3.8) is 0 Å². The van der Waals surface area contributed by atoms with Crippen molar-refractivity contribution in [2.45, 2.75) is 19.9 Å². The molecule has 1 atom stereocenters. The lowest BCUT2D eigenvalue weighted by Gasteiger charge is -2.13. The van der Waals surface area contributed by atoms with Gasteiger partial charge in [-0.05, 0) is 26.0 Å². The fourth-order valence-electron chi connectivity index (χ4n) is 1.30. The van der Waals surface area contributed by atoms with Crippen LogP contribution in [-0.2, 0) is 9.53 Å². The van der Waals surface area contributed by atoms with Gasteiger partial charge >= 0.3 is 5.97 Å². The summed E-state index contributed by atoms with van der Waals surface area (Å²) in [6.07, 6.45) is 0. The Morgan fingerprint density at radius 3 is 2.65 bits per heavy atom. The van der Waals surface area contributed by atoms with Gasteiger partial charge in [0.2, 0.25) is 0 Å². The molecule has 0 aliphatic carbocycles. The average Bonchev–Trinajstić information content (AvgIpc) is 2.29. The summed E-state index contributed by atoms with van der Waals surface area (Å²) in [5.74, 6) is -0.848. The van der Waals surface area contributed by atoms with Crippen molar-refractivity contribution in [2.75, 3.05) is 12.3 Å². The van der Waals surface area contributed by atoms with Crippen LogP contribution in [0.3, 0.4) is 0 Å². The van der Waals surface area contributed by atoms with Gasteiger partial charge < -0.3 is 15.8 Å². The Labute approximate surface area is 99.9 Å². The number of benzene rings is 1. The maximum Gasteiger partial charge on any atom is 0.328 e. The number of rotatable bonds is 4. The van der Waals surface area contributed by atoms with Gasteiger partial charge in [0.05, 0.1) is 12.2 Å². The number of amides is 1. The van der Waals surface area contributed by atoms with Crippen molar-refractivity contribution in [3.8, 4) is 0 Å². The van der Waals surface area contributed by atoms with Gasteiger partial charge in [-0.1, -0.05) is 12.1 Å². The van der Waals surface area contributed by atoms with Gasteiger partial charge in [0.15, 0.2) is 0 Å². The Morgan fingerprint density at radius 2 is 2.06 bits per heavy atom. The molecule has 0 bridgehead atoms. The van der Waals surface area contributed by atoms with E-state index in [1.165, 1.54) is 0 Å². The van der Waals surface area contributed by atoms with Crippen LogP contribution >= 0.6 is 0 Å². The molecule has 0 aliphatic rings. The van der Waals surface area contributed by atoms with Gasteiger partial charge in [0.25, 0.3) is 5.91 Å². The topological polar surface area (TPSA) is 81.4 Å². The van der Waals surface area contributed by atoms with Crippen LogP contribution in [0.1, 0.15) is 24.2 Å². The number of nitrogens with one attached hydrogen (secondary N) is 1. The summed E-state index contributed by atoms with van der Waals surface area (Å²) in [6.45, 7) is 3.56. The zero-order valence-corrected chi connectivity index (χ0v) is 9.90. The molecule has 0 aliphatic heterocycles. The van der Waals surface area contributed by atoms with Crippen LogP contribution in [0.5, 0.6) is 0 Å². The van der Waals surface area contributed by atoms with Crippen molar-refractivity contribution >= 4 is 17.6 Å². The third-order valence-corrected chi connectivity index (χ3v) is 2.19. The Kier molecular flexibility index (Phi) is 4.51. The molecule has 0 saturated carbocycles. The number of para-hydroxylation sites is 1. The maximum absolute atomic E-state index is 11.8. The lowest BCUT2D eigenvalue weighted by molar-refractivity contribution is -0.144. The molecule has 0 spiro atoms. The molecule has 0 aromatic heterocycles. The third kappa shape index (κ3) is 3.48. The van der Waals surface area contributed by atoms with Crippen LogP contribution in [0.25, 0.3) is 0 Å². The Bertz CT molecular complexity index is 418.